The minimum absolute atomic E-state index is 0.0556. The minimum atomic E-state index is -3.57. The molecule has 1 N–H and O–H groups in total. The first kappa shape index (κ1) is 30.3. The highest BCUT2D eigenvalue weighted by molar-refractivity contribution is 7.92. The van der Waals surface area contributed by atoms with Crippen LogP contribution < -0.4 is 9.62 Å². The second kappa shape index (κ2) is 13.2. The molecule has 2 amide bonds. The van der Waals surface area contributed by atoms with E-state index >= 15 is 0 Å². The van der Waals surface area contributed by atoms with E-state index in [1.165, 1.54) is 9.21 Å². The summed E-state index contributed by atoms with van der Waals surface area (Å²) < 4.78 is 26.6. The summed E-state index contributed by atoms with van der Waals surface area (Å²) in [5, 5.41) is 3.90. The standard InChI is InChI=1S/C28H37Cl2N3O4S/c1-19-14-15-20(2)26(17-19)33(38(4,36)37)16-8-13-27(34)32(18-23-24(29)11-7-12-25(23)30)21(3)28(35)31-22-9-5-6-10-22/h7,11-12,14-15,17,21-22H,5-6,8-10,13,16,18H2,1-4H3,(H,31,35)/t21-/m1/s1. The van der Waals surface area contributed by atoms with E-state index in [0.29, 0.717) is 21.3 Å². The Balaban J connectivity index is 1.78. The molecule has 0 radical (unpaired) electrons. The van der Waals surface area contributed by atoms with Crippen LogP contribution in [0.15, 0.2) is 36.4 Å². The van der Waals surface area contributed by atoms with E-state index in [1.807, 2.05) is 32.0 Å². The van der Waals surface area contributed by atoms with Gasteiger partial charge in [0.25, 0.3) is 0 Å². The van der Waals surface area contributed by atoms with Crippen LogP contribution >= 0.6 is 23.2 Å². The van der Waals surface area contributed by atoms with Gasteiger partial charge >= 0.3 is 0 Å². The van der Waals surface area contributed by atoms with Crippen molar-refractivity contribution in [1.29, 1.82) is 0 Å². The third-order valence-electron chi connectivity index (χ3n) is 7.04. The van der Waals surface area contributed by atoms with E-state index in [2.05, 4.69) is 5.32 Å². The van der Waals surface area contributed by atoms with E-state index in [-0.39, 0.29) is 43.8 Å². The van der Waals surface area contributed by atoms with Crippen molar-refractivity contribution in [3.8, 4) is 0 Å². The lowest BCUT2D eigenvalue weighted by Gasteiger charge is -2.31. The number of aryl methyl sites for hydroxylation is 2. The van der Waals surface area contributed by atoms with Crippen molar-refractivity contribution in [2.45, 2.75) is 77.9 Å². The van der Waals surface area contributed by atoms with Crippen molar-refractivity contribution in [3.05, 3.63) is 63.1 Å². The molecule has 0 aromatic heterocycles. The average molecular weight is 583 g/mol. The molecule has 3 rings (SSSR count). The molecule has 1 aliphatic carbocycles. The van der Waals surface area contributed by atoms with E-state index in [1.54, 1.807) is 25.1 Å². The molecule has 0 aliphatic heterocycles. The van der Waals surface area contributed by atoms with Gasteiger partial charge in [-0.3, -0.25) is 13.9 Å². The van der Waals surface area contributed by atoms with Gasteiger partial charge in [-0.05, 0) is 69.4 Å². The molecule has 0 unspecified atom stereocenters. The average Bonchev–Trinajstić information content (AvgIpc) is 3.35. The lowest BCUT2D eigenvalue weighted by molar-refractivity contribution is -0.140. The van der Waals surface area contributed by atoms with Crippen LogP contribution in [0.5, 0.6) is 0 Å². The molecule has 0 saturated heterocycles. The SMILES string of the molecule is Cc1ccc(C)c(N(CCCC(=O)N(Cc2c(Cl)cccc2Cl)[C@H](C)C(=O)NC2CCCC2)S(C)(=O)=O)c1. The molecule has 1 saturated carbocycles. The zero-order valence-electron chi connectivity index (χ0n) is 22.5. The number of hydrogen-bond donors (Lipinski definition) is 1. The van der Waals surface area contributed by atoms with Crippen molar-refractivity contribution in [1.82, 2.24) is 10.2 Å². The Bertz CT molecular complexity index is 1240. The molecule has 2 aromatic rings. The van der Waals surface area contributed by atoms with Crippen molar-refractivity contribution in [3.63, 3.8) is 0 Å². The van der Waals surface area contributed by atoms with Gasteiger partial charge in [-0.25, -0.2) is 8.42 Å². The summed E-state index contributed by atoms with van der Waals surface area (Å²) >= 11 is 12.8. The first-order valence-electron chi connectivity index (χ1n) is 13.0. The van der Waals surface area contributed by atoms with Gasteiger partial charge in [0.05, 0.1) is 11.9 Å². The van der Waals surface area contributed by atoms with Gasteiger partial charge in [0.2, 0.25) is 21.8 Å². The van der Waals surface area contributed by atoms with E-state index in [0.717, 1.165) is 43.1 Å². The van der Waals surface area contributed by atoms with Crippen LogP contribution in [0.4, 0.5) is 5.69 Å². The predicted octanol–water partition coefficient (Wildman–Crippen LogP) is 5.63. The molecular formula is C28H37Cl2N3O4S. The lowest BCUT2D eigenvalue weighted by Crippen LogP contribution is -2.49. The van der Waals surface area contributed by atoms with Crippen molar-refractivity contribution >= 4 is 50.7 Å². The van der Waals surface area contributed by atoms with Crippen molar-refractivity contribution < 1.29 is 18.0 Å². The number of anilines is 1. The monoisotopic (exact) mass is 581 g/mol. The second-order valence-electron chi connectivity index (χ2n) is 10.1. The molecule has 0 bridgehead atoms. The molecule has 1 atom stereocenters. The highest BCUT2D eigenvalue weighted by atomic mass is 35.5. The fourth-order valence-electron chi connectivity index (χ4n) is 4.80. The molecular weight excluding hydrogens is 545 g/mol. The Morgan fingerprint density at radius 3 is 2.32 bits per heavy atom. The molecule has 10 heteroatoms. The summed E-state index contributed by atoms with van der Waals surface area (Å²) in [6, 6.07) is 10.1. The predicted molar refractivity (Wildman–Crippen MR) is 154 cm³/mol. The lowest BCUT2D eigenvalue weighted by atomic mass is 10.1. The number of nitrogens with zero attached hydrogens (tertiary/aromatic N) is 2. The smallest absolute Gasteiger partial charge is 0.242 e. The zero-order chi connectivity index (χ0) is 28.0. The third kappa shape index (κ3) is 7.87. The maximum Gasteiger partial charge on any atom is 0.242 e. The molecule has 38 heavy (non-hydrogen) atoms. The number of hydrogen-bond acceptors (Lipinski definition) is 4. The van der Waals surface area contributed by atoms with Crippen LogP contribution in [-0.2, 0) is 26.2 Å². The minimum Gasteiger partial charge on any atom is -0.352 e. The summed E-state index contributed by atoms with van der Waals surface area (Å²) in [5.41, 5.74) is 2.95. The summed E-state index contributed by atoms with van der Waals surface area (Å²) in [5.74, 6) is -0.494. The van der Waals surface area contributed by atoms with Crippen LogP contribution in [0.3, 0.4) is 0 Å². The normalized spacial score (nSPS) is 14.8. The van der Waals surface area contributed by atoms with E-state index in [9.17, 15) is 18.0 Å². The summed E-state index contributed by atoms with van der Waals surface area (Å²) in [4.78, 5) is 28.1. The van der Waals surface area contributed by atoms with Gasteiger partial charge in [-0.2, -0.15) is 0 Å². The van der Waals surface area contributed by atoms with Crippen LogP contribution in [0.1, 0.15) is 62.1 Å². The fraction of sp³-hybridized carbons (Fsp3) is 0.500. The Morgan fingerprint density at radius 1 is 1.08 bits per heavy atom. The van der Waals surface area contributed by atoms with Gasteiger partial charge < -0.3 is 10.2 Å². The maximum atomic E-state index is 13.5. The number of carbonyl (C=O) groups is 2. The van der Waals surface area contributed by atoms with Gasteiger partial charge in [0.15, 0.2) is 0 Å². The van der Waals surface area contributed by atoms with Gasteiger partial charge in [-0.1, -0.05) is 54.2 Å². The molecule has 0 heterocycles. The molecule has 1 fully saturated rings. The van der Waals surface area contributed by atoms with E-state index < -0.39 is 16.1 Å². The summed E-state index contributed by atoms with van der Waals surface area (Å²) in [6.07, 6.45) is 5.52. The highest BCUT2D eigenvalue weighted by Crippen LogP contribution is 2.28. The number of benzene rings is 2. The summed E-state index contributed by atoms with van der Waals surface area (Å²) in [7, 11) is -3.57. The Labute approximate surface area is 236 Å². The van der Waals surface area contributed by atoms with Crippen LogP contribution in [0, 0.1) is 13.8 Å². The van der Waals surface area contributed by atoms with Gasteiger partial charge in [-0.15, -0.1) is 0 Å². The van der Waals surface area contributed by atoms with Crippen molar-refractivity contribution in [2.75, 3.05) is 17.1 Å². The number of halogens is 2. The Morgan fingerprint density at radius 2 is 1.71 bits per heavy atom. The molecule has 7 nitrogen and oxygen atoms in total. The number of carbonyl (C=O) groups excluding carboxylic acids is 2. The fourth-order valence-corrected chi connectivity index (χ4v) is 6.33. The molecule has 0 spiro atoms. The topological polar surface area (TPSA) is 86.8 Å². The molecule has 208 valence electrons. The molecule has 2 aromatic carbocycles. The third-order valence-corrected chi connectivity index (χ3v) is 8.93. The number of sulfonamides is 1. The summed E-state index contributed by atoms with van der Waals surface area (Å²) in [6.45, 7) is 5.67. The van der Waals surface area contributed by atoms with Crippen molar-refractivity contribution in [2.24, 2.45) is 0 Å². The number of rotatable bonds is 11. The molecule has 1 aliphatic rings. The Hall–Kier alpha value is -2.29. The van der Waals surface area contributed by atoms with Gasteiger partial charge in [0.1, 0.15) is 6.04 Å². The first-order chi connectivity index (χ1) is 17.9. The second-order valence-corrected chi connectivity index (χ2v) is 12.8. The van der Waals surface area contributed by atoms with Crippen LogP contribution in [0.2, 0.25) is 10.0 Å². The van der Waals surface area contributed by atoms with Gasteiger partial charge in [0, 0.05) is 41.2 Å². The Kier molecular flexibility index (Phi) is 10.5. The highest BCUT2D eigenvalue weighted by Gasteiger charge is 2.30. The van der Waals surface area contributed by atoms with Crippen LogP contribution in [0.25, 0.3) is 0 Å². The quantitative estimate of drug-likeness (QED) is 0.372. The zero-order valence-corrected chi connectivity index (χ0v) is 24.8. The first-order valence-corrected chi connectivity index (χ1v) is 15.6. The maximum absolute atomic E-state index is 13.5. The number of amides is 2. The largest absolute Gasteiger partial charge is 0.352 e. The van der Waals surface area contributed by atoms with E-state index in [4.69, 9.17) is 23.2 Å². The number of nitrogens with one attached hydrogen (secondary N) is 1. The van der Waals surface area contributed by atoms with Crippen LogP contribution in [-0.4, -0.2) is 50.0 Å².